The van der Waals surface area contributed by atoms with Crippen molar-refractivity contribution in [2.24, 2.45) is 5.92 Å². The Labute approximate surface area is 191 Å². The van der Waals surface area contributed by atoms with Crippen LogP contribution in [-0.4, -0.2) is 54.6 Å². The van der Waals surface area contributed by atoms with Crippen LogP contribution in [0.2, 0.25) is 0 Å². The Balaban J connectivity index is 2.00. The lowest BCUT2D eigenvalue weighted by molar-refractivity contribution is -0.384. The molecule has 2 aromatic carbocycles. The van der Waals surface area contributed by atoms with Crippen LogP contribution in [0, 0.1) is 16.0 Å². The number of carbonyl (C=O) groups excluding carboxylic acids is 1. The van der Waals surface area contributed by atoms with Gasteiger partial charge in [-0.1, -0.05) is 30.3 Å². The number of nitrogens with zero attached hydrogens (tertiary/aromatic N) is 1. The molecule has 2 aromatic rings. The number of hydrogen-bond acceptors (Lipinski definition) is 7. The van der Waals surface area contributed by atoms with Gasteiger partial charge in [-0.25, -0.2) is 0 Å². The maximum atomic E-state index is 12.6. The summed E-state index contributed by atoms with van der Waals surface area (Å²) in [5, 5.41) is 23.2. The molecule has 178 valence electrons. The Kier molecular flexibility index (Phi) is 10.9. The molecule has 0 fully saturated rings. The summed E-state index contributed by atoms with van der Waals surface area (Å²) in [6, 6.07) is 13.9. The molecule has 0 spiro atoms. The lowest BCUT2D eigenvalue weighted by Gasteiger charge is -2.22. The molecule has 10 nitrogen and oxygen atoms in total. The van der Waals surface area contributed by atoms with Crippen molar-refractivity contribution in [1.29, 1.82) is 0 Å². The number of carbonyl (C=O) groups is 2. The first-order valence-electron chi connectivity index (χ1n) is 10.5. The molecule has 0 aliphatic rings. The van der Waals surface area contributed by atoms with Crippen molar-refractivity contribution in [3.05, 3.63) is 75.8 Å². The average molecular weight is 460 g/mol. The number of carboxylic acids is 1. The second kappa shape index (κ2) is 13.9. The van der Waals surface area contributed by atoms with Crippen LogP contribution in [0.4, 0.5) is 5.69 Å². The van der Waals surface area contributed by atoms with E-state index in [1.807, 2.05) is 37.3 Å². The Bertz CT molecular complexity index is 889. The van der Waals surface area contributed by atoms with E-state index >= 15 is 0 Å². The molecule has 0 saturated heterocycles. The van der Waals surface area contributed by atoms with Gasteiger partial charge in [-0.3, -0.25) is 19.7 Å². The summed E-state index contributed by atoms with van der Waals surface area (Å²) in [7, 11) is 0. The number of nitrogens with one attached hydrogen (secondary N) is 1. The molecule has 33 heavy (non-hydrogen) atoms. The maximum Gasteiger partial charge on any atom is 0.308 e. The van der Waals surface area contributed by atoms with E-state index in [1.54, 1.807) is 0 Å². The summed E-state index contributed by atoms with van der Waals surface area (Å²) < 4.78 is 16.1. The molecular weight excluding hydrogens is 432 g/mol. The summed E-state index contributed by atoms with van der Waals surface area (Å²) in [5.41, 5.74) is 0.997. The van der Waals surface area contributed by atoms with Crippen molar-refractivity contribution in [3.63, 3.8) is 0 Å². The van der Waals surface area contributed by atoms with Gasteiger partial charge in [0.15, 0.2) is 0 Å². The first kappa shape index (κ1) is 25.9. The molecular formula is C23H28N2O8. The monoisotopic (exact) mass is 460 g/mol. The Morgan fingerprint density at radius 2 is 1.73 bits per heavy atom. The Hall–Kier alpha value is -3.34. The first-order valence-corrected chi connectivity index (χ1v) is 10.5. The lowest BCUT2D eigenvalue weighted by Crippen LogP contribution is -2.41. The van der Waals surface area contributed by atoms with Gasteiger partial charge < -0.3 is 24.6 Å². The lowest BCUT2D eigenvalue weighted by atomic mass is 10.0. The van der Waals surface area contributed by atoms with Gasteiger partial charge in [-0.2, -0.15) is 0 Å². The maximum absolute atomic E-state index is 12.6. The van der Waals surface area contributed by atoms with E-state index in [9.17, 15) is 24.8 Å². The van der Waals surface area contributed by atoms with Crippen LogP contribution >= 0.6 is 0 Å². The number of amides is 1. The smallest absolute Gasteiger partial charge is 0.308 e. The molecule has 0 heterocycles. The van der Waals surface area contributed by atoms with Gasteiger partial charge in [-0.05, 0) is 31.0 Å². The first-order chi connectivity index (χ1) is 15.9. The van der Waals surface area contributed by atoms with E-state index in [0.29, 0.717) is 6.61 Å². The molecule has 2 unspecified atom stereocenters. The minimum absolute atomic E-state index is 0.00263. The molecule has 0 aromatic heterocycles. The zero-order valence-electron chi connectivity index (χ0n) is 18.3. The van der Waals surface area contributed by atoms with Crippen LogP contribution in [0.25, 0.3) is 0 Å². The van der Waals surface area contributed by atoms with E-state index < -0.39 is 28.8 Å². The highest BCUT2D eigenvalue weighted by atomic mass is 16.7. The van der Waals surface area contributed by atoms with Gasteiger partial charge in [0.05, 0.1) is 36.7 Å². The van der Waals surface area contributed by atoms with Crippen molar-refractivity contribution in [2.75, 3.05) is 26.6 Å². The number of nitro groups is 1. The molecule has 1 amide bonds. The van der Waals surface area contributed by atoms with E-state index in [1.165, 1.54) is 24.3 Å². The fourth-order valence-corrected chi connectivity index (χ4v) is 2.98. The normalized spacial score (nSPS) is 12.6. The molecule has 10 heteroatoms. The van der Waals surface area contributed by atoms with E-state index in [4.69, 9.17) is 14.2 Å². The molecule has 2 rings (SSSR count). The number of benzene rings is 2. The van der Waals surface area contributed by atoms with Crippen molar-refractivity contribution < 1.29 is 33.8 Å². The quantitative estimate of drug-likeness (QED) is 0.179. The second-order valence-electron chi connectivity index (χ2n) is 7.23. The average Bonchev–Trinajstić information content (AvgIpc) is 2.81. The SMILES string of the molecule is CCOCOCC(CC(COCc1ccccc1)C(=O)O)NC(=O)c1ccc([N+](=O)[O-])cc1. The molecule has 0 aliphatic carbocycles. The third-order valence-electron chi connectivity index (χ3n) is 4.71. The number of carboxylic acid groups (broad SMARTS) is 1. The zero-order chi connectivity index (χ0) is 24.1. The van der Waals surface area contributed by atoms with Crippen LogP contribution in [0.1, 0.15) is 29.3 Å². The predicted molar refractivity (Wildman–Crippen MR) is 119 cm³/mol. The van der Waals surface area contributed by atoms with Crippen LogP contribution in [0.15, 0.2) is 54.6 Å². The van der Waals surface area contributed by atoms with Crippen molar-refractivity contribution in [2.45, 2.75) is 26.0 Å². The van der Waals surface area contributed by atoms with Crippen LogP contribution in [-0.2, 0) is 25.6 Å². The topological polar surface area (TPSA) is 137 Å². The predicted octanol–water partition coefficient (Wildman–Crippen LogP) is 3.01. The van der Waals surface area contributed by atoms with Gasteiger partial charge in [-0.15, -0.1) is 0 Å². The highest BCUT2D eigenvalue weighted by Gasteiger charge is 2.25. The van der Waals surface area contributed by atoms with Gasteiger partial charge in [0, 0.05) is 24.3 Å². The standard InChI is InChI=1S/C23H28N2O8/c1-2-31-16-33-15-20(24-22(26)18-8-10-21(11-9-18)25(29)30)12-19(23(27)28)14-32-13-17-6-4-3-5-7-17/h3-11,19-20H,2,12-16H2,1H3,(H,24,26)(H,27,28). The van der Waals surface area contributed by atoms with Crippen molar-refractivity contribution >= 4 is 17.6 Å². The summed E-state index contributed by atoms with van der Waals surface area (Å²) in [6.45, 7) is 2.52. The number of hydrogen-bond donors (Lipinski definition) is 2. The highest BCUT2D eigenvalue weighted by molar-refractivity contribution is 5.94. The number of aliphatic carboxylic acids is 1. The molecule has 2 N–H and O–H groups in total. The van der Waals surface area contributed by atoms with Gasteiger partial charge in [0.1, 0.15) is 6.79 Å². The summed E-state index contributed by atoms with van der Waals surface area (Å²) in [5.74, 6) is -2.43. The highest BCUT2D eigenvalue weighted by Crippen LogP contribution is 2.14. The van der Waals surface area contributed by atoms with Crippen molar-refractivity contribution in [1.82, 2.24) is 5.32 Å². The Morgan fingerprint density at radius 1 is 1.03 bits per heavy atom. The summed E-state index contributed by atoms with van der Waals surface area (Å²) in [6.07, 6.45) is 0.0645. The summed E-state index contributed by atoms with van der Waals surface area (Å²) >= 11 is 0. The zero-order valence-corrected chi connectivity index (χ0v) is 18.3. The molecule has 0 saturated carbocycles. The molecule has 0 aliphatic heterocycles. The van der Waals surface area contributed by atoms with Gasteiger partial charge in [0.2, 0.25) is 0 Å². The second-order valence-corrected chi connectivity index (χ2v) is 7.23. The number of nitro benzene ring substituents is 1. The van der Waals surface area contributed by atoms with Crippen LogP contribution < -0.4 is 5.32 Å². The minimum Gasteiger partial charge on any atom is -0.481 e. The van der Waals surface area contributed by atoms with E-state index in [0.717, 1.165) is 5.56 Å². The number of non-ortho nitro benzene ring substituents is 1. The largest absolute Gasteiger partial charge is 0.481 e. The summed E-state index contributed by atoms with van der Waals surface area (Å²) in [4.78, 5) is 34.7. The van der Waals surface area contributed by atoms with Crippen molar-refractivity contribution in [3.8, 4) is 0 Å². The van der Waals surface area contributed by atoms with E-state index in [-0.39, 0.29) is 44.3 Å². The number of rotatable bonds is 15. The fraction of sp³-hybridized carbons (Fsp3) is 0.391. The minimum atomic E-state index is -1.05. The van der Waals surface area contributed by atoms with Crippen LogP contribution in [0.5, 0.6) is 0 Å². The van der Waals surface area contributed by atoms with E-state index in [2.05, 4.69) is 5.32 Å². The molecule has 0 bridgehead atoms. The number of ether oxygens (including phenoxy) is 3. The van der Waals surface area contributed by atoms with Gasteiger partial charge in [0.25, 0.3) is 11.6 Å². The third kappa shape index (κ3) is 9.36. The van der Waals surface area contributed by atoms with Crippen LogP contribution in [0.3, 0.4) is 0 Å². The van der Waals surface area contributed by atoms with Gasteiger partial charge >= 0.3 is 5.97 Å². The molecule has 0 radical (unpaired) electrons. The fourth-order valence-electron chi connectivity index (χ4n) is 2.98. The Morgan fingerprint density at radius 3 is 2.33 bits per heavy atom. The molecule has 2 atom stereocenters. The third-order valence-corrected chi connectivity index (χ3v) is 4.71.